The molecule has 1 saturated carbocycles. The molecular formula is C18H27FO. The summed E-state index contributed by atoms with van der Waals surface area (Å²) in [6.07, 6.45) is 4.94. The SMILES string of the molecule is CC(CC(F)COc1ccccc1)[C@H]1CC[C@H](C)CC1. The molecule has 0 aromatic heterocycles. The van der Waals surface area contributed by atoms with Crippen molar-refractivity contribution in [3.8, 4) is 5.75 Å². The fourth-order valence-corrected chi connectivity index (χ4v) is 3.22. The summed E-state index contributed by atoms with van der Waals surface area (Å²) in [4.78, 5) is 0. The molecule has 2 rings (SSSR count). The van der Waals surface area contributed by atoms with Crippen LogP contribution in [0.25, 0.3) is 0 Å². The maximum absolute atomic E-state index is 14.0. The molecule has 2 unspecified atom stereocenters. The highest BCUT2D eigenvalue weighted by Gasteiger charge is 2.25. The number of hydrogen-bond donors (Lipinski definition) is 0. The summed E-state index contributed by atoms with van der Waals surface area (Å²) >= 11 is 0. The number of hydrogen-bond acceptors (Lipinski definition) is 1. The van der Waals surface area contributed by atoms with Gasteiger partial charge in [0.1, 0.15) is 18.5 Å². The van der Waals surface area contributed by atoms with Gasteiger partial charge in [0.25, 0.3) is 0 Å². The van der Waals surface area contributed by atoms with Gasteiger partial charge in [0.2, 0.25) is 0 Å². The number of benzene rings is 1. The van der Waals surface area contributed by atoms with Crippen molar-refractivity contribution in [2.45, 2.75) is 52.1 Å². The van der Waals surface area contributed by atoms with Crippen molar-refractivity contribution >= 4 is 0 Å². The number of halogens is 1. The van der Waals surface area contributed by atoms with E-state index < -0.39 is 6.17 Å². The third kappa shape index (κ3) is 4.81. The van der Waals surface area contributed by atoms with E-state index in [4.69, 9.17) is 4.74 Å². The van der Waals surface area contributed by atoms with Crippen molar-refractivity contribution in [3.63, 3.8) is 0 Å². The summed E-state index contributed by atoms with van der Waals surface area (Å²) in [7, 11) is 0. The van der Waals surface area contributed by atoms with Gasteiger partial charge in [-0.2, -0.15) is 0 Å². The lowest BCUT2D eigenvalue weighted by atomic mass is 9.75. The van der Waals surface area contributed by atoms with Crippen molar-refractivity contribution < 1.29 is 9.13 Å². The Morgan fingerprint density at radius 3 is 2.45 bits per heavy atom. The number of alkyl halides is 1. The van der Waals surface area contributed by atoms with Crippen LogP contribution in [-0.2, 0) is 0 Å². The number of para-hydroxylation sites is 1. The van der Waals surface area contributed by atoms with E-state index in [0.717, 1.165) is 11.7 Å². The van der Waals surface area contributed by atoms with Gasteiger partial charge in [-0.1, -0.05) is 44.9 Å². The van der Waals surface area contributed by atoms with Crippen molar-refractivity contribution in [2.75, 3.05) is 6.61 Å². The largest absolute Gasteiger partial charge is 0.491 e. The van der Waals surface area contributed by atoms with E-state index in [-0.39, 0.29) is 6.61 Å². The lowest BCUT2D eigenvalue weighted by molar-refractivity contribution is 0.136. The first-order chi connectivity index (χ1) is 9.65. The van der Waals surface area contributed by atoms with Crippen LogP contribution in [0.1, 0.15) is 46.0 Å². The van der Waals surface area contributed by atoms with Gasteiger partial charge in [0.05, 0.1) is 0 Å². The molecule has 1 aromatic carbocycles. The lowest BCUT2D eigenvalue weighted by Gasteiger charge is -2.31. The van der Waals surface area contributed by atoms with Gasteiger partial charge in [0.15, 0.2) is 0 Å². The topological polar surface area (TPSA) is 9.23 Å². The van der Waals surface area contributed by atoms with Crippen LogP contribution in [0.15, 0.2) is 30.3 Å². The molecule has 2 heteroatoms. The molecule has 0 bridgehead atoms. The second kappa shape index (κ2) is 7.66. The summed E-state index contributed by atoms with van der Waals surface area (Å²) in [5.41, 5.74) is 0. The van der Waals surface area contributed by atoms with Crippen LogP contribution < -0.4 is 4.74 Å². The minimum Gasteiger partial charge on any atom is -0.491 e. The monoisotopic (exact) mass is 278 g/mol. The minimum atomic E-state index is -0.857. The van der Waals surface area contributed by atoms with Gasteiger partial charge in [0, 0.05) is 0 Å². The van der Waals surface area contributed by atoms with Crippen LogP contribution >= 0.6 is 0 Å². The average molecular weight is 278 g/mol. The lowest BCUT2D eigenvalue weighted by Crippen LogP contribution is -2.24. The maximum atomic E-state index is 14.0. The Bertz CT molecular complexity index is 370. The van der Waals surface area contributed by atoms with E-state index in [1.54, 1.807) is 0 Å². The van der Waals surface area contributed by atoms with E-state index >= 15 is 0 Å². The summed E-state index contributed by atoms with van der Waals surface area (Å²) in [6, 6.07) is 9.51. The molecule has 1 aliphatic rings. The van der Waals surface area contributed by atoms with E-state index in [1.165, 1.54) is 25.7 Å². The third-order valence-electron chi connectivity index (χ3n) is 4.67. The van der Waals surface area contributed by atoms with Gasteiger partial charge in [-0.25, -0.2) is 4.39 Å². The molecule has 1 fully saturated rings. The zero-order valence-electron chi connectivity index (χ0n) is 12.7. The van der Waals surface area contributed by atoms with Crippen molar-refractivity contribution in [2.24, 2.45) is 17.8 Å². The van der Waals surface area contributed by atoms with Crippen molar-refractivity contribution in [3.05, 3.63) is 30.3 Å². The molecule has 0 heterocycles. The molecule has 0 saturated heterocycles. The van der Waals surface area contributed by atoms with Crippen molar-refractivity contribution in [1.29, 1.82) is 0 Å². The Morgan fingerprint density at radius 1 is 1.15 bits per heavy atom. The second-order valence-corrected chi connectivity index (χ2v) is 6.45. The van der Waals surface area contributed by atoms with Gasteiger partial charge in [-0.3, -0.25) is 0 Å². The summed E-state index contributed by atoms with van der Waals surface area (Å²) in [6.45, 7) is 4.71. The first kappa shape index (κ1) is 15.3. The van der Waals surface area contributed by atoms with E-state index in [0.29, 0.717) is 18.3 Å². The first-order valence-corrected chi connectivity index (χ1v) is 7.97. The molecule has 0 spiro atoms. The highest BCUT2D eigenvalue weighted by molar-refractivity contribution is 5.20. The van der Waals surface area contributed by atoms with Crippen LogP contribution in [0.2, 0.25) is 0 Å². The Kier molecular flexibility index (Phi) is 5.87. The van der Waals surface area contributed by atoms with E-state index in [2.05, 4.69) is 13.8 Å². The molecule has 0 amide bonds. The Labute approximate surface area is 122 Å². The quantitative estimate of drug-likeness (QED) is 0.690. The zero-order valence-corrected chi connectivity index (χ0v) is 12.7. The molecule has 0 N–H and O–H groups in total. The van der Waals surface area contributed by atoms with Gasteiger partial charge in [-0.05, 0) is 49.1 Å². The molecule has 1 aromatic rings. The molecule has 20 heavy (non-hydrogen) atoms. The zero-order chi connectivity index (χ0) is 14.4. The fraction of sp³-hybridized carbons (Fsp3) is 0.667. The van der Waals surface area contributed by atoms with E-state index in [9.17, 15) is 4.39 Å². The van der Waals surface area contributed by atoms with Crippen LogP contribution in [-0.4, -0.2) is 12.8 Å². The molecule has 0 aliphatic heterocycles. The fourth-order valence-electron chi connectivity index (χ4n) is 3.22. The predicted molar refractivity (Wildman–Crippen MR) is 81.7 cm³/mol. The smallest absolute Gasteiger partial charge is 0.134 e. The Balaban J connectivity index is 1.69. The molecule has 1 aliphatic carbocycles. The predicted octanol–water partition coefficient (Wildman–Crippen LogP) is 5.26. The van der Waals surface area contributed by atoms with Gasteiger partial charge in [-0.15, -0.1) is 0 Å². The molecule has 0 radical (unpaired) electrons. The average Bonchev–Trinajstić information content (AvgIpc) is 2.47. The Morgan fingerprint density at radius 2 is 1.80 bits per heavy atom. The highest BCUT2D eigenvalue weighted by atomic mass is 19.1. The molecule has 2 atom stereocenters. The highest BCUT2D eigenvalue weighted by Crippen LogP contribution is 2.35. The number of ether oxygens (including phenoxy) is 1. The van der Waals surface area contributed by atoms with E-state index in [1.807, 2.05) is 30.3 Å². The molecule has 1 nitrogen and oxygen atoms in total. The van der Waals surface area contributed by atoms with Crippen LogP contribution in [0.5, 0.6) is 5.75 Å². The standard InChI is InChI=1S/C18H27FO/c1-14-8-10-16(11-9-14)15(2)12-17(19)13-20-18-6-4-3-5-7-18/h3-7,14-17H,8-13H2,1-2H3/t14-,15?,16-,17?. The molecular weight excluding hydrogens is 251 g/mol. The second-order valence-electron chi connectivity index (χ2n) is 6.45. The van der Waals surface area contributed by atoms with Crippen molar-refractivity contribution in [1.82, 2.24) is 0 Å². The molecule has 112 valence electrons. The minimum absolute atomic E-state index is 0.178. The summed E-state index contributed by atoms with van der Waals surface area (Å²) in [5.74, 6) is 2.80. The van der Waals surface area contributed by atoms with Crippen LogP contribution in [0.4, 0.5) is 4.39 Å². The normalized spacial score (nSPS) is 25.9. The summed E-state index contributed by atoms with van der Waals surface area (Å²) in [5, 5.41) is 0. The maximum Gasteiger partial charge on any atom is 0.134 e. The van der Waals surface area contributed by atoms with Crippen LogP contribution in [0, 0.1) is 17.8 Å². The Hall–Kier alpha value is -1.05. The van der Waals surface area contributed by atoms with Crippen LogP contribution in [0.3, 0.4) is 0 Å². The van der Waals surface area contributed by atoms with Gasteiger partial charge >= 0.3 is 0 Å². The van der Waals surface area contributed by atoms with Gasteiger partial charge < -0.3 is 4.74 Å². The third-order valence-corrected chi connectivity index (χ3v) is 4.67. The number of rotatable bonds is 6. The summed E-state index contributed by atoms with van der Waals surface area (Å²) < 4.78 is 19.5. The first-order valence-electron chi connectivity index (χ1n) is 7.97.